The van der Waals surface area contributed by atoms with Crippen molar-refractivity contribution in [2.75, 3.05) is 10.7 Å². The largest absolute Gasteiger partial charge is 0.338 e. The molecule has 0 amide bonds. The summed E-state index contributed by atoms with van der Waals surface area (Å²) in [4.78, 5) is 11.9. The summed E-state index contributed by atoms with van der Waals surface area (Å²) in [6.07, 6.45) is 5.83. The van der Waals surface area contributed by atoms with Crippen LogP contribution in [0, 0.1) is 5.41 Å². The minimum atomic E-state index is 0.390. The number of nitrogen functional groups attached to an aromatic ring is 1. The van der Waals surface area contributed by atoms with Crippen LogP contribution in [0.1, 0.15) is 5.56 Å². The van der Waals surface area contributed by atoms with Gasteiger partial charge >= 0.3 is 0 Å². The highest BCUT2D eigenvalue weighted by atomic mass is 15.3. The molecule has 0 saturated heterocycles. The highest BCUT2D eigenvalue weighted by molar-refractivity contribution is 5.91. The van der Waals surface area contributed by atoms with Crippen LogP contribution in [-0.2, 0) is 0 Å². The molecule has 0 radical (unpaired) electrons. The lowest BCUT2D eigenvalue weighted by molar-refractivity contribution is 1.13. The zero-order chi connectivity index (χ0) is 12.1. The van der Waals surface area contributed by atoms with Crippen LogP contribution in [0.2, 0.25) is 0 Å². The van der Waals surface area contributed by atoms with Crippen molar-refractivity contribution >= 4 is 23.5 Å². The topological polar surface area (TPSA) is 113 Å². The van der Waals surface area contributed by atoms with Crippen LogP contribution in [0.15, 0.2) is 30.9 Å². The van der Waals surface area contributed by atoms with Crippen LogP contribution >= 0.6 is 0 Å². The van der Waals surface area contributed by atoms with E-state index in [1.807, 2.05) is 6.07 Å². The average molecular weight is 229 g/mol. The van der Waals surface area contributed by atoms with Gasteiger partial charge < -0.3 is 16.2 Å². The number of hydrogen-bond acceptors (Lipinski definition) is 7. The van der Waals surface area contributed by atoms with Crippen LogP contribution in [0.3, 0.4) is 0 Å². The van der Waals surface area contributed by atoms with Gasteiger partial charge in [-0.2, -0.15) is 0 Å². The van der Waals surface area contributed by atoms with Gasteiger partial charge in [-0.1, -0.05) is 0 Å². The van der Waals surface area contributed by atoms with Gasteiger partial charge in [0.15, 0.2) is 5.82 Å². The molecule has 2 aromatic rings. The Bertz CT molecular complexity index is 511. The molecule has 7 nitrogen and oxygen atoms in total. The summed E-state index contributed by atoms with van der Waals surface area (Å²) >= 11 is 0. The lowest BCUT2D eigenvalue weighted by atomic mass is 10.3. The van der Waals surface area contributed by atoms with Gasteiger partial charge in [-0.25, -0.2) is 15.8 Å². The molecule has 2 rings (SSSR count). The second kappa shape index (κ2) is 4.99. The smallest absolute Gasteiger partial charge is 0.154 e. The Labute approximate surface area is 97.6 Å². The van der Waals surface area contributed by atoms with E-state index < -0.39 is 0 Å². The third kappa shape index (κ3) is 2.34. The molecular weight excluding hydrogens is 218 g/mol. The Morgan fingerprint density at radius 3 is 2.76 bits per heavy atom. The number of hydrogen-bond donors (Lipinski definition) is 4. The van der Waals surface area contributed by atoms with Gasteiger partial charge in [-0.05, 0) is 12.1 Å². The molecule has 0 aliphatic carbocycles. The van der Waals surface area contributed by atoms with Gasteiger partial charge in [0.2, 0.25) is 0 Å². The zero-order valence-corrected chi connectivity index (χ0v) is 8.88. The van der Waals surface area contributed by atoms with Gasteiger partial charge in [0.1, 0.15) is 12.1 Å². The van der Waals surface area contributed by atoms with Crippen LogP contribution in [0.4, 0.5) is 17.3 Å². The summed E-state index contributed by atoms with van der Waals surface area (Å²) in [5.74, 6) is 6.19. The van der Waals surface area contributed by atoms with Crippen LogP contribution in [-0.4, -0.2) is 21.2 Å². The molecule has 2 aromatic heterocycles. The van der Waals surface area contributed by atoms with E-state index in [4.69, 9.17) is 11.3 Å². The van der Waals surface area contributed by atoms with E-state index in [9.17, 15) is 0 Å². The first-order valence-corrected chi connectivity index (χ1v) is 4.84. The molecule has 5 N–H and O–H groups in total. The summed E-state index contributed by atoms with van der Waals surface area (Å²) in [5.41, 5.74) is 3.67. The molecule has 0 atom stereocenters. The fourth-order valence-electron chi connectivity index (χ4n) is 1.32. The van der Waals surface area contributed by atoms with E-state index in [1.165, 1.54) is 6.33 Å². The van der Waals surface area contributed by atoms with Crippen LogP contribution < -0.4 is 16.6 Å². The number of anilines is 3. The number of pyridine rings is 1. The van der Waals surface area contributed by atoms with Crippen molar-refractivity contribution in [3.63, 3.8) is 0 Å². The molecule has 17 heavy (non-hydrogen) atoms. The average Bonchev–Trinajstić information content (AvgIpc) is 2.39. The summed E-state index contributed by atoms with van der Waals surface area (Å²) in [7, 11) is 0. The second-order valence-corrected chi connectivity index (χ2v) is 3.14. The monoisotopic (exact) mass is 229 g/mol. The molecule has 0 unspecified atom stereocenters. The van der Waals surface area contributed by atoms with E-state index in [1.54, 1.807) is 18.5 Å². The normalized spacial score (nSPS) is 9.71. The van der Waals surface area contributed by atoms with Gasteiger partial charge in [0, 0.05) is 12.4 Å². The Morgan fingerprint density at radius 1 is 1.29 bits per heavy atom. The van der Waals surface area contributed by atoms with Crippen LogP contribution in [0.5, 0.6) is 0 Å². The SMILES string of the molecule is N=Cc1c(NN)ncnc1Nc1cccnc1. The van der Waals surface area contributed by atoms with E-state index in [-0.39, 0.29) is 0 Å². The molecule has 0 aliphatic heterocycles. The highest BCUT2D eigenvalue weighted by Crippen LogP contribution is 2.20. The Morgan fingerprint density at radius 2 is 2.12 bits per heavy atom. The molecule has 0 fully saturated rings. The molecule has 2 heterocycles. The number of nitrogens with one attached hydrogen (secondary N) is 3. The zero-order valence-electron chi connectivity index (χ0n) is 8.88. The molecule has 0 aromatic carbocycles. The summed E-state index contributed by atoms with van der Waals surface area (Å²) in [6.45, 7) is 0. The van der Waals surface area contributed by atoms with Gasteiger partial charge in [0.05, 0.1) is 17.4 Å². The lowest BCUT2D eigenvalue weighted by Gasteiger charge is -2.10. The van der Waals surface area contributed by atoms with Gasteiger partial charge in [-0.15, -0.1) is 0 Å². The summed E-state index contributed by atoms with van der Waals surface area (Å²) in [5, 5.41) is 10.4. The Kier molecular flexibility index (Phi) is 3.22. The number of rotatable bonds is 4. The molecule has 86 valence electrons. The Balaban J connectivity index is 2.36. The van der Waals surface area contributed by atoms with Gasteiger partial charge in [0.25, 0.3) is 0 Å². The maximum Gasteiger partial charge on any atom is 0.154 e. The van der Waals surface area contributed by atoms with Gasteiger partial charge in [-0.3, -0.25) is 4.98 Å². The number of nitrogens with zero attached hydrogens (tertiary/aromatic N) is 3. The van der Waals surface area contributed by atoms with E-state index in [0.29, 0.717) is 17.2 Å². The lowest BCUT2D eigenvalue weighted by Crippen LogP contribution is -2.13. The first kappa shape index (κ1) is 11.0. The van der Waals surface area contributed by atoms with Crippen LogP contribution in [0.25, 0.3) is 0 Å². The predicted octanol–water partition coefficient (Wildman–Crippen LogP) is 0.898. The summed E-state index contributed by atoms with van der Waals surface area (Å²) < 4.78 is 0. The third-order valence-corrected chi connectivity index (χ3v) is 2.09. The van der Waals surface area contributed by atoms with Crippen molar-refractivity contribution in [1.29, 1.82) is 5.41 Å². The van der Waals surface area contributed by atoms with Crippen molar-refractivity contribution in [3.8, 4) is 0 Å². The number of hydrazine groups is 1. The standard InChI is InChI=1S/C10H11N7/c11-4-8-9(14-6-15-10(8)17-12)16-7-2-1-3-13-5-7/h1-6,11H,12H2,(H2,14,15,16,17). The first-order chi connectivity index (χ1) is 8.35. The summed E-state index contributed by atoms with van der Waals surface area (Å²) in [6, 6.07) is 3.65. The van der Waals surface area contributed by atoms with Crippen molar-refractivity contribution in [2.45, 2.75) is 0 Å². The molecule has 7 heteroatoms. The maximum atomic E-state index is 7.34. The van der Waals surface area contributed by atoms with Crippen molar-refractivity contribution < 1.29 is 0 Å². The number of nitrogens with two attached hydrogens (primary N) is 1. The molecular formula is C10H11N7. The Hall–Kier alpha value is -2.54. The third-order valence-electron chi connectivity index (χ3n) is 2.09. The molecule has 0 spiro atoms. The fourth-order valence-corrected chi connectivity index (χ4v) is 1.32. The van der Waals surface area contributed by atoms with E-state index in [0.717, 1.165) is 11.9 Å². The molecule has 0 saturated carbocycles. The number of aromatic nitrogens is 3. The van der Waals surface area contributed by atoms with Crippen molar-refractivity contribution in [3.05, 3.63) is 36.4 Å². The quantitative estimate of drug-likeness (QED) is 0.352. The van der Waals surface area contributed by atoms with Crippen molar-refractivity contribution in [1.82, 2.24) is 15.0 Å². The minimum Gasteiger partial charge on any atom is -0.338 e. The fraction of sp³-hybridized carbons (Fsp3) is 0. The minimum absolute atomic E-state index is 0.390. The molecule has 0 bridgehead atoms. The van der Waals surface area contributed by atoms with E-state index in [2.05, 4.69) is 25.7 Å². The molecule has 0 aliphatic rings. The van der Waals surface area contributed by atoms with Crippen molar-refractivity contribution in [2.24, 2.45) is 5.84 Å². The first-order valence-electron chi connectivity index (χ1n) is 4.84. The highest BCUT2D eigenvalue weighted by Gasteiger charge is 2.08. The maximum absolute atomic E-state index is 7.34. The van der Waals surface area contributed by atoms with E-state index >= 15 is 0 Å². The second-order valence-electron chi connectivity index (χ2n) is 3.14. The predicted molar refractivity (Wildman–Crippen MR) is 65.2 cm³/mol.